The lowest BCUT2D eigenvalue weighted by Crippen LogP contribution is -2.61. The minimum Gasteiger partial charge on any atom is -0.481 e. The van der Waals surface area contributed by atoms with Gasteiger partial charge in [0.1, 0.15) is 60.2 Å². The van der Waals surface area contributed by atoms with Crippen LogP contribution < -0.4 is 80.6 Å². The van der Waals surface area contributed by atoms with Crippen LogP contribution in [0, 0.1) is 29.6 Å². The van der Waals surface area contributed by atoms with Crippen molar-refractivity contribution in [2.24, 2.45) is 41.1 Å². The lowest BCUT2D eigenvalue weighted by Gasteiger charge is -2.34. The van der Waals surface area contributed by atoms with Gasteiger partial charge in [-0.1, -0.05) is 24.3 Å². The van der Waals surface area contributed by atoms with E-state index in [4.69, 9.17) is 11.5 Å². The molecular formula is C67H103F2N15O13S2. The van der Waals surface area contributed by atoms with Gasteiger partial charge in [-0.2, -0.15) is 23.5 Å². The molecule has 0 aromatic heterocycles. The van der Waals surface area contributed by atoms with E-state index in [0.717, 1.165) is 11.1 Å². The Bertz CT molecular complexity index is 3000. The molecule has 9 unspecified atom stereocenters. The molecule has 550 valence electrons. The maximum atomic E-state index is 15.2. The number of hydrogen-bond donors (Lipinski definition) is 17. The van der Waals surface area contributed by atoms with Crippen LogP contribution in [-0.2, 0) is 64.2 Å². The van der Waals surface area contributed by atoms with Gasteiger partial charge in [0.05, 0.1) is 19.1 Å². The number of carbonyl (C=O) groups excluding carboxylic acids is 10. The van der Waals surface area contributed by atoms with Crippen LogP contribution in [0.1, 0.15) is 146 Å². The number of primary amides is 1. The van der Waals surface area contributed by atoms with Gasteiger partial charge in [0, 0.05) is 60.8 Å². The number of carboxylic acid groups (broad SMARTS) is 1. The molecule has 3 saturated heterocycles. The minimum absolute atomic E-state index is 0.0427. The first kappa shape index (κ1) is 76.9. The molecule has 1 spiro atoms. The molecule has 4 saturated carbocycles. The van der Waals surface area contributed by atoms with Gasteiger partial charge in [-0.15, -0.1) is 0 Å². The summed E-state index contributed by atoms with van der Waals surface area (Å²) in [5.74, 6) is -9.51. The zero-order valence-electron chi connectivity index (χ0n) is 56.2. The Morgan fingerprint density at radius 1 is 0.606 bits per heavy atom. The third kappa shape index (κ3) is 22.9. The molecule has 4 aliphatic carbocycles. The van der Waals surface area contributed by atoms with Crippen molar-refractivity contribution in [3.63, 3.8) is 0 Å². The Kier molecular flexibility index (Phi) is 28.8. The number of rotatable bonds is 15. The number of carbonyl (C=O) groups is 11. The van der Waals surface area contributed by atoms with Gasteiger partial charge in [0.2, 0.25) is 59.1 Å². The maximum Gasteiger partial charge on any atom is 0.305 e. The van der Waals surface area contributed by atoms with Crippen LogP contribution in [0.3, 0.4) is 0 Å². The summed E-state index contributed by atoms with van der Waals surface area (Å²) in [6, 6.07) is -2.79. The van der Waals surface area contributed by atoms with Crippen molar-refractivity contribution >= 4 is 88.6 Å². The number of fused-ring (bicyclic) bond motifs is 4. The van der Waals surface area contributed by atoms with Gasteiger partial charge >= 0.3 is 5.97 Å². The summed E-state index contributed by atoms with van der Waals surface area (Å²) < 4.78 is 30.4. The summed E-state index contributed by atoms with van der Waals surface area (Å²) in [5, 5.41) is 58.6. The van der Waals surface area contributed by atoms with Crippen LogP contribution in [-0.4, -0.2) is 211 Å². The molecule has 99 heavy (non-hydrogen) atoms. The number of halogens is 2. The van der Waals surface area contributed by atoms with Gasteiger partial charge < -0.3 is 90.8 Å². The number of alkyl halides is 2. The minimum atomic E-state index is -1.90. The number of thioether (sulfide) groups is 2. The number of hydrogen-bond acceptors (Lipinski definition) is 19. The summed E-state index contributed by atoms with van der Waals surface area (Å²) in [7, 11) is 0. The van der Waals surface area contributed by atoms with E-state index in [0.29, 0.717) is 114 Å². The van der Waals surface area contributed by atoms with Gasteiger partial charge in [-0.3, -0.25) is 52.7 Å². The molecule has 32 heteroatoms. The van der Waals surface area contributed by atoms with Crippen molar-refractivity contribution in [1.29, 1.82) is 0 Å². The molecule has 10 amide bonds. The van der Waals surface area contributed by atoms with E-state index in [2.05, 4.69) is 69.1 Å². The number of carboxylic acids is 1. The zero-order chi connectivity index (χ0) is 70.8. The fourth-order valence-corrected chi connectivity index (χ4v) is 17.3. The summed E-state index contributed by atoms with van der Waals surface area (Å²) in [6.07, 6.45) is 1.56. The average Bonchev–Trinajstić information content (AvgIpc) is 1.63. The Balaban J connectivity index is 1.01. The quantitative estimate of drug-likeness (QED) is 0.0926. The SMILES string of the molecule is NCCCC[C@@H]1NC(=O)CCSCc2cccc(c2)CSC[C@@H](C(N)=O)NC(=O)C2(CC2)NC(=O)[C@H](CC2CCC(O)CC2)NC(=O)[C@H](CC2CNCN2)NC(=O)[C@H](CC(=O)O)NC(=O)[C@H](CC2CNC3CCC(F)CC23)NC(=O)[C@H](CC2CNC3CCC(F)CC23)NC(=O)CNC1=O. The normalized spacial score (nSPS) is 34.6. The topological polar surface area (TPSA) is 437 Å². The number of benzene rings is 1. The van der Waals surface area contributed by atoms with Crippen molar-refractivity contribution < 1.29 is 71.7 Å². The Labute approximate surface area is 584 Å². The third-order valence-electron chi connectivity index (χ3n) is 21.1. The maximum absolute atomic E-state index is 15.2. The lowest BCUT2D eigenvalue weighted by molar-refractivity contribution is -0.141. The Morgan fingerprint density at radius 3 is 1.75 bits per heavy atom. The van der Waals surface area contributed by atoms with E-state index in [9.17, 15) is 53.4 Å². The predicted octanol–water partition coefficient (Wildman–Crippen LogP) is -1.11. The Morgan fingerprint density at radius 2 is 1.17 bits per heavy atom. The predicted molar refractivity (Wildman–Crippen MR) is 366 cm³/mol. The Hall–Kier alpha value is -6.29. The van der Waals surface area contributed by atoms with Crippen LogP contribution >= 0.6 is 23.5 Å². The van der Waals surface area contributed by atoms with E-state index < -0.39 is 156 Å². The molecule has 28 nitrogen and oxygen atoms in total. The van der Waals surface area contributed by atoms with Crippen molar-refractivity contribution in [1.82, 2.24) is 69.1 Å². The second-order valence-electron chi connectivity index (χ2n) is 28.6. The molecule has 9 rings (SSSR count). The molecule has 1 aromatic carbocycles. The highest BCUT2D eigenvalue weighted by Gasteiger charge is 2.53. The third-order valence-corrected chi connectivity index (χ3v) is 23.3. The largest absolute Gasteiger partial charge is 0.481 e. The number of aliphatic carboxylic acids is 1. The van der Waals surface area contributed by atoms with E-state index in [1.165, 1.54) is 23.5 Å². The number of nitrogens with one attached hydrogen (secondary N) is 13. The highest BCUT2D eigenvalue weighted by Crippen LogP contribution is 2.41. The molecule has 4 aliphatic heterocycles. The van der Waals surface area contributed by atoms with Gasteiger partial charge in [-0.25, -0.2) is 8.78 Å². The van der Waals surface area contributed by atoms with E-state index >= 15 is 18.4 Å². The number of unbranched alkanes of at least 4 members (excludes halogenated alkanes) is 1. The summed E-state index contributed by atoms with van der Waals surface area (Å²) in [6.45, 7) is 1.04. The van der Waals surface area contributed by atoms with Gasteiger partial charge in [-0.05, 0) is 182 Å². The molecule has 7 fully saturated rings. The summed E-state index contributed by atoms with van der Waals surface area (Å²) in [5.41, 5.74) is 12.0. The second kappa shape index (κ2) is 37.1. The van der Waals surface area contributed by atoms with Crippen LogP contribution in [0.5, 0.6) is 0 Å². The number of amides is 10. The number of aliphatic hydroxyl groups excluding tert-OH is 1. The molecular weight excluding hydrogens is 1320 g/mol. The first-order chi connectivity index (χ1) is 47.5. The fraction of sp³-hybridized carbons (Fsp3) is 0.746. The molecule has 16 atom stereocenters. The van der Waals surface area contributed by atoms with Crippen molar-refractivity contribution in [3.05, 3.63) is 35.4 Å². The first-order valence-electron chi connectivity index (χ1n) is 35.5. The summed E-state index contributed by atoms with van der Waals surface area (Å²) >= 11 is 2.85. The molecule has 2 bridgehead atoms. The highest BCUT2D eigenvalue weighted by molar-refractivity contribution is 7.98. The van der Waals surface area contributed by atoms with Gasteiger partial charge in [0.25, 0.3) is 0 Å². The molecule has 19 N–H and O–H groups in total. The molecule has 8 aliphatic rings. The fourth-order valence-electron chi connectivity index (χ4n) is 15.4. The van der Waals surface area contributed by atoms with E-state index in [1.54, 1.807) is 0 Å². The molecule has 0 radical (unpaired) electrons. The lowest BCUT2D eigenvalue weighted by atomic mass is 9.76. The van der Waals surface area contributed by atoms with Crippen LogP contribution in [0.15, 0.2) is 24.3 Å². The van der Waals surface area contributed by atoms with Crippen molar-refractivity contribution in [2.45, 2.75) is 231 Å². The monoisotopic (exact) mass is 1430 g/mol. The van der Waals surface area contributed by atoms with Crippen molar-refractivity contribution in [3.8, 4) is 0 Å². The molecule has 1 aromatic rings. The smallest absolute Gasteiger partial charge is 0.305 e. The highest BCUT2D eigenvalue weighted by atomic mass is 32.2. The van der Waals surface area contributed by atoms with Crippen LogP contribution in [0.4, 0.5) is 8.78 Å². The van der Waals surface area contributed by atoms with Gasteiger partial charge in [0.15, 0.2) is 0 Å². The molecule has 4 heterocycles. The van der Waals surface area contributed by atoms with E-state index in [1.807, 2.05) is 24.3 Å². The van der Waals surface area contributed by atoms with Crippen LogP contribution in [0.2, 0.25) is 0 Å². The first-order valence-corrected chi connectivity index (χ1v) is 37.8. The van der Waals surface area contributed by atoms with E-state index in [-0.39, 0.29) is 106 Å². The second-order valence-corrected chi connectivity index (χ2v) is 30.7. The van der Waals surface area contributed by atoms with Crippen molar-refractivity contribution in [2.75, 3.05) is 50.9 Å². The average molecular weight is 1430 g/mol. The zero-order valence-corrected chi connectivity index (χ0v) is 57.9. The standard InChI is InChI=1S/C67H103F2N15O13S2/c68-41-9-13-47-45(24-41)39(28-73-47)22-51-61(92)80-52(23-40-29-74-48-14-10-42(69)25-46(40)48)62(93)82-54(27-58(88)89)64(95)81-53(26-43-30-72-35-76-43)63(94)79-50(21-36-7-11-44(85)12-8-36)65(96)84-67(16-17-67)66(97)83-55(59(71)90)34-99-33-38-5-3-4-37(20-38)32-98-19-15-56(86)77-49(6-1-2-18-70)60(91)75-31-57(87)78-51/h3-5,20,36,39-55,72-74,76,85H,1-2,6-19,21-35,70H2,(H2,71,90)(H,75,91)(H,77,86)(H,78,87)(H,79,94)(H,80,92)(H,81,95)(H,82,93)(H,83,97)(H,84,96)(H,88,89)/t36?,39?,40?,41?,42?,43?,44?,45?,46?,47?,48?,49-,50-,51-,52-,53-,54-,55-/m0/s1. The summed E-state index contributed by atoms with van der Waals surface area (Å²) in [4.78, 5) is 156. The van der Waals surface area contributed by atoms with Crippen LogP contribution in [0.25, 0.3) is 0 Å². The number of nitrogens with two attached hydrogens (primary N) is 2. The number of aliphatic hydroxyl groups is 1.